The molecule has 0 amide bonds. The van der Waals surface area contributed by atoms with Crippen LogP contribution in [0, 0.1) is 6.92 Å². The molecule has 90 valence electrons. The summed E-state index contributed by atoms with van der Waals surface area (Å²) in [6.45, 7) is 6.15. The van der Waals surface area contributed by atoms with E-state index in [9.17, 15) is 0 Å². The van der Waals surface area contributed by atoms with Gasteiger partial charge < -0.3 is 10.6 Å². The van der Waals surface area contributed by atoms with Crippen molar-refractivity contribution in [1.29, 1.82) is 0 Å². The van der Waals surface area contributed by atoms with Gasteiger partial charge in [-0.05, 0) is 43.0 Å². The Kier molecular flexibility index (Phi) is 3.69. The highest BCUT2D eigenvalue weighted by Gasteiger charge is 2.07. The first-order chi connectivity index (χ1) is 8.20. The maximum atomic E-state index is 5.96. The van der Waals surface area contributed by atoms with Crippen LogP contribution in [-0.4, -0.2) is 6.54 Å². The topological polar surface area (TPSA) is 29.3 Å². The minimum absolute atomic E-state index is 0.868. The third-order valence-electron chi connectivity index (χ3n) is 2.94. The molecule has 1 aromatic heterocycles. The fraction of sp³-hybridized carbons (Fsp3) is 0.286. The molecule has 0 aliphatic carbocycles. The third-order valence-corrected chi connectivity index (χ3v) is 3.80. The molecule has 0 spiro atoms. The monoisotopic (exact) mass is 246 g/mol. The zero-order chi connectivity index (χ0) is 12.3. The molecule has 0 aliphatic heterocycles. The molecule has 1 aromatic carbocycles. The van der Waals surface area contributed by atoms with Crippen LogP contribution in [0.2, 0.25) is 0 Å². The molecule has 2 rings (SSSR count). The minimum atomic E-state index is 0.868. The van der Waals surface area contributed by atoms with Gasteiger partial charge in [-0.1, -0.05) is 12.1 Å². The Labute approximate surface area is 107 Å². The molecule has 0 bridgehead atoms. The second-order valence-corrected chi connectivity index (χ2v) is 5.17. The fourth-order valence-corrected chi connectivity index (χ4v) is 2.52. The Morgan fingerprint density at radius 1 is 1.29 bits per heavy atom. The van der Waals surface area contributed by atoms with E-state index in [0.29, 0.717) is 0 Å². The first-order valence-electron chi connectivity index (χ1n) is 5.84. The smallest absolute Gasteiger partial charge is 0.0522 e. The standard InChI is InChI=1S/C14H18N2S/c1-3-16(10-13-5-4-8-17-13)12-7-6-11(2)14(15)9-12/h4-9H,3,10,15H2,1-2H3. The second kappa shape index (κ2) is 5.23. The number of benzene rings is 1. The number of thiophene rings is 1. The van der Waals surface area contributed by atoms with Crippen LogP contribution in [0.3, 0.4) is 0 Å². The molecule has 0 radical (unpaired) electrons. The van der Waals surface area contributed by atoms with E-state index in [2.05, 4.69) is 47.5 Å². The van der Waals surface area contributed by atoms with E-state index in [1.807, 2.05) is 6.92 Å². The number of rotatable bonds is 4. The summed E-state index contributed by atoms with van der Waals surface area (Å²) in [4.78, 5) is 3.72. The normalized spacial score (nSPS) is 10.5. The summed E-state index contributed by atoms with van der Waals surface area (Å²) in [5.41, 5.74) is 9.17. The minimum Gasteiger partial charge on any atom is -0.398 e. The van der Waals surface area contributed by atoms with Crippen molar-refractivity contribution >= 4 is 22.7 Å². The van der Waals surface area contributed by atoms with Gasteiger partial charge >= 0.3 is 0 Å². The Bertz CT molecular complexity index is 477. The second-order valence-electron chi connectivity index (χ2n) is 4.13. The lowest BCUT2D eigenvalue weighted by Crippen LogP contribution is -2.21. The van der Waals surface area contributed by atoms with Gasteiger partial charge in [-0.25, -0.2) is 0 Å². The molecule has 2 nitrogen and oxygen atoms in total. The van der Waals surface area contributed by atoms with Crippen LogP contribution in [0.4, 0.5) is 11.4 Å². The van der Waals surface area contributed by atoms with Gasteiger partial charge in [-0.2, -0.15) is 0 Å². The maximum absolute atomic E-state index is 5.96. The van der Waals surface area contributed by atoms with Crippen LogP contribution in [0.1, 0.15) is 17.4 Å². The van der Waals surface area contributed by atoms with Gasteiger partial charge in [-0.15, -0.1) is 11.3 Å². The summed E-state index contributed by atoms with van der Waals surface area (Å²) in [6.07, 6.45) is 0. The van der Waals surface area contributed by atoms with Crippen LogP contribution < -0.4 is 10.6 Å². The molecule has 0 unspecified atom stereocenters. The van der Waals surface area contributed by atoms with Gasteiger partial charge in [0.2, 0.25) is 0 Å². The molecular formula is C14H18N2S. The molecule has 0 atom stereocenters. The predicted octanol–water partition coefficient (Wildman–Crippen LogP) is 3.67. The number of nitrogens with zero attached hydrogens (tertiary/aromatic N) is 1. The number of aryl methyl sites for hydroxylation is 1. The van der Waals surface area contributed by atoms with E-state index < -0.39 is 0 Å². The third kappa shape index (κ3) is 2.80. The molecule has 0 aliphatic rings. The van der Waals surface area contributed by atoms with Crippen molar-refractivity contribution in [1.82, 2.24) is 0 Å². The maximum Gasteiger partial charge on any atom is 0.0522 e. The van der Waals surface area contributed by atoms with Crippen molar-refractivity contribution in [2.24, 2.45) is 0 Å². The Morgan fingerprint density at radius 3 is 2.71 bits per heavy atom. The first-order valence-corrected chi connectivity index (χ1v) is 6.72. The van der Waals surface area contributed by atoms with Gasteiger partial charge in [0.1, 0.15) is 0 Å². The molecule has 3 heteroatoms. The molecule has 2 aromatic rings. The molecule has 17 heavy (non-hydrogen) atoms. The van der Waals surface area contributed by atoms with Crippen LogP contribution >= 0.6 is 11.3 Å². The lowest BCUT2D eigenvalue weighted by molar-refractivity contribution is 0.842. The molecule has 1 heterocycles. The van der Waals surface area contributed by atoms with Crippen molar-refractivity contribution in [2.45, 2.75) is 20.4 Å². The largest absolute Gasteiger partial charge is 0.398 e. The highest BCUT2D eigenvalue weighted by molar-refractivity contribution is 7.09. The number of nitrogens with two attached hydrogens (primary N) is 1. The van der Waals surface area contributed by atoms with Crippen LogP contribution in [-0.2, 0) is 6.54 Å². The molecular weight excluding hydrogens is 228 g/mol. The molecule has 0 fully saturated rings. The van der Waals surface area contributed by atoms with Crippen molar-refractivity contribution in [3.8, 4) is 0 Å². The van der Waals surface area contributed by atoms with Crippen LogP contribution in [0.15, 0.2) is 35.7 Å². The van der Waals surface area contributed by atoms with Crippen LogP contribution in [0.5, 0.6) is 0 Å². The number of hydrogen-bond acceptors (Lipinski definition) is 3. The molecule has 2 N–H and O–H groups in total. The van der Waals surface area contributed by atoms with Crippen molar-refractivity contribution in [2.75, 3.05) is 17.2 Å². The lowest BCUT2D eigenvalue weighted by atomic mass is 10.1. The molecule has 0 saturated heterocycles. The van der Waals surface area contributed by atoms with E-state index in [1.165, 1.54) is 10.6 Å². The summed E-state index contributed by atoms with van der Waals surface area (Å²) in [5, 5.41) is 2.12. The Morgan fingerprint density at radius 2 is 2.12 bits per heavy atom. The summed E-state index contributed by atoms with van der Waals surface area (Å²) in [6, 6.07) is 10.6. The zero-order valence-corrected chi connectivity index (χ0v) is 11.1. The Hall–Kier alpha value is -1.48. The highest BCUT2D eigenvalue weighted by Crippen LogP contribution is 2.23. The number of anilines is 2. The van der Waals surface area contributed by atoms with Gasteiger partial charge in [0, 0.05) is 22.8 Å². The molecule has 0 saturated carbocycles. The first kappa shape index (κ1) is 12.0. The van der Waals surface area contributed by atoms with Gasteiger partial charge in [-0.3, -0.25) is 0 Å². The fourth-order valence-electron chi connectivity index (χ4n) is 1.80. The lowest BCUT2D eigenvalue weighted by Gasteiger charge is -2.23. The van der Waals surface area contributed by atoms with E-state index in [1.54, 1.807) is 11.3 Å². The average molecular weight is 246 g/mol. The zero-order valence-electron chi connectivity index (χ0n) is 10.3. The Balaban J connectivity index is 2.20. The quantitative estimate of drug-likeness (QED) is 0.834. The van der Waals surface area contributed by atoms with Crippen LogP contribution in [0.25, 0.3) is 0 Å². The summed E-state index contributed by atoms with van der Waals surface area (Å²) >= 11 is 1.80. The number of nitrogen functional groups attached to an aromatic ring is 1. The predicted molar refractivity (Wildman–Crippen MR) is 76.6 cm³/mol. The van der Waals surface area contributed by atoms with E-state index in [0.717, 1.165) is 24.3 Å². The highest BCUT2D eigenvalue weighted by atomic mass is 32.1. The summed E-state index contributed by atoms with van der Waals surface area (Å²) in [5.74, 6) is 0. The average Bonchev–Trinajstić information content (AvgIpc) is 2.82. The van der Waals surface area contributed by atoms with Crippen molar-refractivity contribution in [3.63, 3.8) is 0 Å². The number of hydrogen-bond donors (Lipinski definition) is 1. The van der Waals surface area contributed by atoms with E-state index in [4.69, 9.17) is 5.73 Å². The van der Waals surface area contributed by atoms with Gasteiger partial charge in [0.15, 0.2) is 0 Å². The van der Waals surface area contributed by atoms with Gasteiger partial charge in [0.25, 0.3) is 0 Å². The van der Waals surface area contributed by atoms with E-state index >= 15 is 0 Å². The van der Waals surface area contributed by atoms with Gasteiger partial charge in [0.05, 0.1) is 6.54 Å². The SMILES string of the molecule is CCN(Cc1cccs1)c1ccc(C)c(N)c1. The van der Waals surface area contributed by atoms with Crippen molar-refractivity contribution < 1.29 is 0 Å². The summed E-state index contributed by atoms with van der Waals surface area (Å²) < 4.78 is 0. The van der Waals surface area contributed by atoms with E-state index in [-0.39, 0.29) is 0 Å². The summed E-state index contributed by atoms with van der Waals surface area (Å²) in [7, 11) is 0. The van der Waals surface area contributed by atoms with Crippen molar-refractivity contribution in [3.05, 3.63) is 46.2 Å².